The van der Waals surface area contributed by atoms with Crippen LogP contribution in [0.25, 0.3) is 33.0 Å². The number of fused-ring (bicyclic) bond motifs is 2. The summed E-state index contributed by atoms with van der Waals surface area (Å²) >= 11 is 0. The number of hydrazine groups is 1. The molecule has 152 valence electrons. The summed E-state index contributed by atoms with van der Waals surface area (Å²) in [7, 11) is 0. The topological polar surface area (TPSA) is 100 Å². The fourth-order valence-electron chi connectivity index (χ4n) is 3.36. The minimum Gasteiger partial charge on any atom is -0.355 e. The van der Waals surface area contributed by atoms with Crippen LogP contribution in [-0.2, 0) is 0 Å². The molecule has 0 aliphatic carbocycles. The molecule has 0 aliphatic rings. The summed E-state index contributed by atoms with van der Waals surface area (Å²) < 4.78 is 18.6. The first kappa shape index (κ1) is 18.6. The monoisotopic (exact) mass is 414 g/mol. The number of pyridine rings is 1. The standard InChI is InChI=1S/C23H15FN4O3/c24-16-4-1-13(2-5-16)21-19-12-15(3-8-20(19)28-31-21)22(29)27-26-17-6-7-18-14(11-17)9-10-25-23(18)30/h1-12,26H,(H,25,30)(H,27,29). The normalized spacial score (nSPS) is 11.0. The van der Waals surface area contributed by atoms with Gasteiger partial charge in [0, 0.05) is 22.7 Å². The number of aromatic amines is 1. The molecule has 1 amide bonds. The molecule has 0 spiro atoms. The minimum atomic E-state index is -0.362. The Kier molecular flexibility index (Phi) is 4.44. The lowest BCUT2D eigenvalue weighted by Gasteiger charge is -2.09. The summed E-state index contributed by atoms with van der Waals surface area (Å²) in [5, 5.41) is 5.95. The molecule has 0 saturated carbocycles. The van der Waals surface area contributed by atoms with E-state index in [-0.39, 0.29) is 17.3 Å². The van der Waals surface area contributed by atoms with E-state index in [0.29, 0.717) is 38.9 Å². The third-order valence-corrected chi connectivity index (χ3v) is 4.94. The highest BCUT2D eigenvalue weighted by atomic mass is 19.1. The quantitative estimate of drug-likeness (QED) is 0.382. The molecule has 5 aromatic rings. The van der Waals surface area contributed by atoms with Crippen LogP contribution in [0.15, 0.2) is 82.2 Å². The Hall–Kier alpha value is -4.46. The van der Waals surface area contributed by atoms with Gasteiger partial charge in [0.1, 0.15) is 11.3 Å². The third kappa shape index (κ3) is 3.51. The van der Waals surface area contributed by atoms with Crippen LogP contribution in [0.5, 0.6) is 0 Å². The van der Waals surface area contributed by atoms with Crippen molar-refractivity contribution >= 4 is 33.3 Å². The number of amides is 1. The van der Waals surface area contributed by atoms with Crippen LogP contribution in [-0.4, -0.2) is 16.0 Å². The van der Waals surface area contributed by atoms with Gasteiger partial charge in [-0.3, -0.25) is 20.4 Å². The van der Waals surface area contributed by atoms with Crippen LogP contribution < -0.4 is 16.4 Å². The van der Waals surface area contributed by atoms with Gasteiger partial charge in [0.25, 0.3) is 11.5 Å². The Bertz CT molecular complexity index is 1490. The van der Waals surface area contributed by atoms with Gasteiger partial charge in [-0.15, -0.1) is 0 Å². The second-order valence-electron chi connectivity index (χ2n) is 6.94. The summed E-state index contributed by atoms with van der Waals surface area (Å²) in [6.07, 6.45) is 1.57. The number of carbonyl (C=O) groups excluding carboxylic acids is 1. The SMILES string of the molecule is O=C(NNc1ccc2c(=O)[nH]ccc2c1)c1ccc2noc(-c3ccc(F)cc3)c2c1. The zero-order valence-corrected chi connectivity index (χ0v) is 16.0. The van der Waals surface area contributed by atoms with E-state index in [1.54, 1.807) is 60.8 Å². The lowest BCUT2D eigenvalue weighted by molar-refractivity contribution is 0.0963. The molecule has 2 aromatic heterocycles. The van der Waals surface area contributed by atoms with Crippen LogP contribution in [0.2, 0.25) is 0 Å². The van der Waals surface area contributed by atoms with E-state index in [2.05, 4.69) is 21.0 Å². The largest absolute Gasteiger partial charge is 0.355 e. The van der Waals surface area contributed by atoms with Crippen molar-refractivity contribution in [2.75, 3.05) is 5.43 Å². The van der Waals surface area contributed by atoms with E-state index < -0.39 is 0 Å². The molecule has 0 atom stereocenters. The van der Waals surface area contributed by atoms with E-state index in [9.17, 15) is 14.0 Å². The average molecular weight is 414 g/mol. The molecule has 31 heavy (non-hydrogen) atoms. The van der Waals surface area contributed by atoms with E-state index in [0.717, 1.165) is 5.39 Å². The minimum absolute atomic E-state index is 0.174. The molecule has 0 bridgehead atoms. The number of carbonyl (C=O) groups is 1. The fourth-order valence-corrected chi connectivity index (χ4v) is 3.36. The number of nitrogens with one attached hydrogen (secondary N) is 3. The molecule has 2 heterocycles. The van der Waals surface area contributed by atoms with Crippen LogP contribution in [0.4, 0.5) is 10.1 Å². The number of halogens is 1. The zero-order valence-electron chi connectivity index (χ0n) is 16.0. The van der Waals surface area contributed by atoms with Crippen LogP contribution in [0, 0.1) is 5.82 Å². The first-order chi connectivity index (χ1) is 15.1. The highest BCUT2D eigenvalue weighted by Crippen LogP contribution is 2.29. The lowest BCUT2D eigenvalue weighted by Crippen LogP contribution is -2.29. The average Bonchev–Trinajstić information content (AvgIpc) is 3.21. The van der Waals surface area contributed by atoms with E-state index in [4.69, 9.17) is 4.52 Å². The molecular weight excluding hydrogens is 399 g/mol. The van der Waals surface area contributed by atoms with Crippen molar-refractivity contribution in [1.29, 1.82) is 0 Å². The molecule has 3 aromatic carbocycles. The van der Waals surface area contributed by atoms with Crippen LogP contribution in [0.3, 0.4) is 0 Å². The number of anilines is 1. The molecule has 7 nitrogen and oxygen atoms in total. The molecule has 3 N–H and O–H groups in total. The van der Waals surface area contributed by atoms with Gasteiger partial charge in [-0.25, -0.2) is 4.39 Å². The van der Waals surface area contributed by atoms with Crippen molar-refractivity contribution in [2.45, 2.75) is 0 Å². The maximum absolute atomic E-state index is 13.2. The number of H-pyrrole nitrogens is 1. The van der Waals surface area contributed by atoms with Gasteiger partial charge in [0.15, 0.2) is 5.76 Å². The third-order valence-electron chi connectivity index (χ3n) is 4.94. The Morgan fingerprint density at radius 3 is 2.65 bits per heavy atom. The van der Waals surface area contributed by atoms with Crippen molar-refractivity contribution in [1.82, 2.24) is 15.6 Å². The predicted octanol–water partition coefficient (Wildman–Crippen LogP) is 4.23. The van der Waals surface area contributed by atoms with E-state index in [1.165, 1.54) is 12.1 Å². The van der Waals surface area contributed by atoms with Crippen molar-refractivity contribution in [2.24, 2.45) is 0 Å². The van der Waals surface area contributed by atoms with Gasteiger partial charge >= 0.3 is 0 Å². The van der Waals surface area contributed by atoms with Gasteiger partial charge in [0.05, 0.1) is 11.1 Å². The number of nitrogens with zero attached hydrogens (tertiary/aromatic N) is 1. The fraction of sp³-hybridized carbons (Fsp3) is 0. The second kappa shape index (κ2) is 7.42. The predicted molar refractivity (Wildman–Crippen MR) is 115 cm³/mol. The second-order valence-corrected chi connectivity index (χ2v) is 6.94. The Labute approximate surface area is 174 Å². The maximum Gasteiger partial charge on any atom is 0.269 e. The molecule has 0 aliphatic heterocycles. The summed E-state index contributed by atoms with van der Waals surface area (Å²) in [6, 6.07) is 17.8. The first-order valence-corrected chi connectivity index (χ1v) is 9.42. The van der Waals surface area contributed by atoms with Crippen molar-refractivity contribution in [3.05, 3.63) is 94.7 Å². The van der Waals surface area contributed by atoms with Gasteiger partial charge < -0.3 is 9.51 Å². The van der Waals surface area contributed by atoms with Crippen LogP contribution >= 0.6 is 0 Å². The first-order valence-electron chi connectivity index (χ1n) is 9.42. The van der Waals surface area contributed by atoms with E-state index in [1.807, 2.05) is 0 Å². The summed E-state index contributed by atoms with van der Waals surface area (Å²) in [5.74, 6) is -0.256. The lowest BCUT2D eigenvalue weighted by atomic mass is 10.1. The number of benzene rings is 3. The molecule has 0 radical (unpaired) electrons. The highest BCUT2D eigenvalue weighted by molar-refractivity contribution is 6.01. The van der Waals surface area contributed by atoms with E-state index >= 15 is 0 Å². The number of aromatic nitrogens is 2. The number of hydrogen-bond acceptors (Lipinski definition) is 5. The van der Waals surface area contributed by atoms with Crippen molar-refractivity contribution < 1.29 is 13.7 Å². The summed E-state index contributed by atoms with van der Waals surface area (Å²) in [4.78, 5) is 27.1. The smallest absolute Gasteiger partial charge is 0.269 e. The Morgan fingerprint density at radius 1 is 0.968 bits per heavy atom. The molecule has 0 unspecified atom stereocenters. The molecule has 0 saturated heterocycles. The van der Waals surface area contributed by atoms with Crippen molar-refractivity contribution in [3.63, 3.8) is 0 Å². The van der Waals surface area contributed by atoms with Crippen molar-refractivity contribution in [3.8, 4) is 11.3 Å². The maximum atomic E-state index is 13.2. The Balaban J connectivity index is 1.39. The van der Waals surface area contributed by atoms with Gasteiger partial charge in [0.2, 0.25) is 0 Å². The molecule has 0 fully saturated rings. The zero-order chi connectivity index (χ0) is 21.4. The number of rotatable bonds is 4. The molecule has 5 rings (SSSR count). The van der Waals surface area contributed by atoms with Crippen LogP contribution in [0.1, 0.15) is 10.4 Å². The van der Waals surface area contributed by atoms with Gasteiger partial charge in [-0.2, -0.15) is 0 Å². The van der Waals surface area contributed by atoms with Gasteiger partial charge in [-0.05, 0) is 72.1 Å². The molecule has 8 heteroatoms. The number of hydrogen-bond donors (Lipinski definition) is 3. The highest BCUT2D eigenvalue weighted by Gasteiger charge is 2.14. The van der Waals surface area contributed by atoms with Gasteiger partial charge in [-0.1, -0.05) is 5.16 Å². The molecular formula is C23H15FN4O3. The summed E-state index contributed by atoms with van der Waals surface area (Å²) in [6.45, 7) is 0. The Morgan fingerprint density at radius 2 is 1.81 bits per heavy atom. The summed E-state index contributed by atoms with van der Waals surface area (Å²) in [5.41, 5.74) is 7.59.